The highest BCUT2D eigenvalue weighted by Crippen LogP contribution is 2.52. The van der Waals surface area contributed by atoms with Gasteiger partial charge in [0.2, 0.25) is 0 Å². The zero-order valence-corrected chi connectivity index (χ0v) is 15.9. The Bertz CT molecular complexity index is 948. The van der Waals surface area contributed by atoms with E-state index in [9.17, 15) is 9.67 Å². The van der Waals surface area contributed by atoms with E-state index in [2.05, 4.69) is 25.3 Å². The lowest BCUT2D eigenvalue weighted by atomic mass is 10.4. The third kappa shape index (κ3) is 4.14. The van der Waals surface area contributed by atoms with Crippen LogP contribution in [0.2, 0.25) is 0 Å². The normalized spacial score (nSPS) is 13.3. The first kappa shape index (κ1) is 19.4. The van der Waals surface area contributed by atoms with Crippen LogP contribution in [0.4, 0.5) is 5.82 Å². The summed E-state index contributed by atoms with van der Waals surface area (Å²) in [7, 11) is -3.64. The average molecular weight is 396 g/mol. The molecule has 0 amide bonds. The van der Waals surface area contributed by atoms with Gasteiger partial charge in [-0.1, -0.05) is 5.21 Å². The van der Waals surface area contributed by atoms with E-state index in [4.69, 9.17) is 14.8 Å². The fourth-order valence-corrected chi connectivity index (χ4v) is 4.03. The molecule has 1 unspecified atom stereocenters. The zero-order chi connectivity index (χ0) is 19.4. The van der Waals surface area contributed by atoms with Gasteiger partial charge in [0.15, 0.2) is 17.3 Å². The van der Waals surface area contributed by atoms with E-state index in [-0.39, 0.29) is 19.8 Å². The molecule has 0 radical (unpaired) electrons. The molecule has 0 aliphatic carbocycles. The molecular weight excluding hydrogens is 375 g/mol. The van der Waals surface area contributed by atoms with E-state index in [0.29, 0.717) is 29.2 Å². The lowest BCUT2D eigenvalue weighted by Crippen LogP contribution is -2.20. The first-order valence-electron chi connectivity index (χ1n) is 8.34. The van der Waals surface area contributed by atoms with E-state index in [1.807, 2.05) is 0 Å². The number of hydrogen-bond donors (Lipinski definition) is 2. The second-order valence-corrected chi connectivity index (χ2v) is 7.78. The Hall–Kier alpha value is -2.40. The van der Waals surface area contributed by atoms with Crippen molar-refractivity contribution in [2.24, 2.45) is 0 Å². The molecule has 0 fully saturated rings. The number of aliphatic hydroxyl groups is 1. The Morgan fingerprint density at radius 2 is 2.00 bits per heavy atom. The highest BCUT2D eigenvalue weighted by Gasteiger charge is 2.34. The van der Waals surface area contributed by atoms with Crippen molar-refractivity contribution in [2.45, 2.75) is 32.8 Å². The molecule has 13 heteroatoms. The molecule has 3 aromatic heterocycles. The van der Waals surface area contributed by atoms with Crippen LogP contribution >= 0.6 is 7.60 Å². The maximum Gasteiger partial charge on any atom is 0.360 e. The maximum atomic E-state index is 12.6. The molecule has 27 heavy (non-hydrogen) atoms. The third-order valence-electron chi connectivity index (χ3n) is 3.68. The monoisotopic (exact) mass is 396 g/mol. The molecule has 3 rings (SSSR count). The minimum atomic E-state index is -3.64. The smallest absolute Gasteiger partial charge is 0.360 e. The highest BCUT2D eigenvalue weighted by atomic mass is 31.2. The molecule has 0 aliphatic heterocycles. The molecule has 12 nitrogen and oxygen atoms in total. The topological polar surface area (TPSA) is 156 Å². The van der Waals surface area contributed by atoms with Crippen molar-refractivity contribution < 1.29 is 18.7 Å². The summed E-state index contributed by atoms with van der Waals surface area (Å²) in [6.07, 6.45) is 4.58. The number of rotatable bonds is 9. The highest BCUT2D eigenvalue weighted by molar-refractivity contribution is 7.54. The quantitative estimate of drug-likeness (QED) is 0.492. The number of anilines is 1. The van der Waals surface area contributed by atoms with Crippen molar-refractivity contribution in [2.75, 3.05) is 18.9 Å². The zero-order valence-electron chi connectivity index (χ0n) is 15.0. The van der Waals surface area contributed by atoms with Crippen LogP contribution in [0.1, 0.15) is 19.5 Å². The summed E-state index contributed by atoms with van der Waals surface area (Å²) in [5, 5.41) is 18.3. The van der Waals surface area contributed by atoms with Gasteiger partial charge >= 0.3 is 7.60 Å². The van der Waals surface area contributed by atoms with Gasteiger partial charge in [-0.05, 0) is 13.8 Å². The summed E-state index contributed by atoms with van der Waals surface area (Å²) in [5.41, 5.74) is 7.46. The summed E-state index contributed by atoms with van der Waals surface area (Å²) >= 11 is 0. The molecule has 0 aromatic carbocycles. The summed E-state index contributed by atoms with van der Waals surface area (Å²) in [6.45, 7) is 3.95. The lowest BCUT2D eigenvalue weighted by Gasteiger charge is -2.21. The van der Waals surface area contributed by atoms with Crippen LogP contribution in [-0.4, -0.2) is 58.7 Å². The van der Waals surface area contributed by atoms with Crippen LogP contribution in [0.3, 0.4) is 0 Å². The molecule has 0 saturated heterocycles. The van der Waals surface area contributed by atoms with Gasteiger partial charge in [-0.3, -0.25) is 4.57 Å². The number of nitrogens with zero attached hydrogens (tertiary/aromatic N) is 7. The summed E-state index contributed by atoms with van der Waals surface area (Å²) in [6, 6.07) is 0. The van der Waals surface area contributed by atoms with Crippen LogP contribution in [0.5, 0.6) is 0 Å². The van der Waals surface area contributed by atoms with Crippen LogP contribution in [0, 0.1) is 0 Å². The third-order valence-corrected chi connectivity index (χ3v) is 5.81. The molecule has 3 N–H and O–H groups in total. The number of aromatic nitrogens is 7. The van der Waals surface area contributed by atoms with E-state index >= 15 is 0 Å². The Labute approximate surface area is 154 Å². The first-order chi connectivity index (χ1) is 13.0. The van der Waals surface area contributed by atoms with E-state index in [0.717, 1.165) is 0 Å². The average Bonchev–Trinajstić information content (AvgIpc) is 3.24. The van der Waals surface area contributed by atoms with Gasteiger partial charge in [0.1, 0.15) is 17.5 Å². The van der Waals surface area contributed by atoms with Gasteiger partial charge < -0.3 is 24.5 Å². The maximum absolute atomic E-state index is 12.6. The van der Waals surface area contributed by atoms with Gasteiger partial charge in [0.05, 0.1) is 38.8 Å². The standard InChI is InChI=1S/C14H21N8O4P/c1-3-25-27(24,26-4-2)11(23)7-22-6-10(19-20-22)5-21-9-18-12-13(15)16-8-17-14(12)21/h6,8-9,11,23H,3-5,7H2,1-2H3,(H2,15,16,17). The summed E-state index contributed by atoms with van der Waals surface area (Å²) < 4.78 is 26.0. The predicted molar refractivity (Wildman–Crippen MR) is 95.7 cm³/mol. The van der Waals surface area contributed by atoms with E-state index < -0.39 is 13.4 Å². The number of nitrogen functional groups attached to an aromatic ring is 1. The van der Waals surface area contributed by atoms with Gasteiger partial charge in [0, 0.05) is 0 Å². The van der Waals surface area contributed by atoms with Crippen molar-refractivity contribution in [1.82, 2.24) is 34.5 Å². The molecule has 0 bridgehead atoms. The summed E-state index contributed by atoms with van der Waals surface area (Å²) in [5.74, 6) is -1.05. The number of aliphatic hydroxyl groups excluding tert-OH is 1. The van der Waals surface area contributed by atoms with Crippen molar-refractivity contribution in [3.8, 4) is 0 Å². The summed E-state index contributed by atoms with van der Waals surface area (Å²) in [4.78, 5) is 12.3. The van der Waals surface area contributed by atoms with Crippen molar-refractivity contribution in [3.05, 3.63) is 24.5 Å². The molecule has 3 aromatic rings. The molecule has 3 heterocycles. The molecule has 0 spiro atoms. The Kier molecular flexibility index (Phi) is 5.80. The second-order valence-electron chi connectivity index (χ2n) is 5.59. The Morgan fingerprint density at radius 1 is 1.26 bits per heavy atom. The Morgan fingerprint density at radius 3 is 2.70 bits per heavy atom. The number of imidazole rings is 1. The van der Waals surface area contributed by atoms with Gasteiger partial charge in [-0.2, -0.15) is 0 Å². The Balaban J connectivity index is 1.73. The van der Waals surface area contributed by atoms with E-state index in [1.54, 1.807) is 30.9 Å². The van der Waals surface area contributed by atoms with Crippen molar-refractivity contribution in [3.63, 3.8) is 0 Å². The van der Waals surface area contributed by atoms with Crippen LogP contribution < -0.4 is 5.73 Å². The molecule has 146 valence electrons. The van der Waals surface area contributed by atoms with Crippen LogP contribution in [-0.2, 0) is 26.7 Å². The SMILES string of the molecule is CCOP(=O)(OCC)C(O)Cn1cc(Cn2cnc3c(N)ncnc32)nn1. The fraction of sp³-hybridized carbons (Fsp3) is 0.500. The van der Waals surface area contributed by atoms with E-state index in [1.165, 1.54) is 11.0 Å². The number of hydrogen-bond acceptors (Lipinski definition) is 10. The molecule has 0 aliphatic rings. The predicted octanol–water partition coefficient (Wildman–Crippen LogP) is 0.633. The number of nitrogens with two attached hydrogens (primary N) is 1. The largest absolute Gasteiger partial charge is 0.382 e. The second kappa shape index (κ2) is 8.09. The fourth-order valence-electron chi connectivity index (χ4n) is 2.53. The van der Waals surface area contributed by atoms with Crippen molar-refractivity contribution >= 4 is 24.6 Å². The van der Waals surface area contributed by atoms with Crippen LogP contribution in [0.25, 0.3) is 11.2 Å². The minimum absolute atomic E-state index is 0.0793. The number of fused-ring (bicyclic) bond motifs is 1. The van der Waals surface area contributed by atoms with Gasteiger partial charge in [-0.15, -0.1) is 5.10 Å². The van der Waals surface area contributed by atoms with Crippen LogP contribution in [0.15, 0.2) is 18.9 Å². The van der Waals surface area contributed by atoms with Gasteiger partial charge in [-0.25, -0.2) is 19.6 Å². The first-order valence-corrected chi connectivity index (χ1v) is 9.95. The lowest BCUT2D eigenvalue weighted by molar-refractivity contribution is 0.136. The molecule has 0 saturated carbocycles. The minimum Gasteiger partial charge on any atom is -0.382 e. The van der Waals surface area contributed by atoms with Gasteiger partial charge in [0.25, 0.3) is 0 Å². The molecule has 1 atom stereocenters. The van der Waals surface area contributed by atoms with Crippen molar-refractivity contribution in [1.29, 1.82) is 0 Å². The molecular formula is C14H21N8O4P.